The summed E-state index contributed by atoms with van der Waals surface area (Å²) in [5.74, 6) is 0. The first kappa shape index (κ1) is 18.8. The number of aliphatic hydroxyl groups is 4. The first-order valence-electron chi connectivity index (χ1n) is 8.93. The van der Waals surface area contributed by atoms with Gasteiger partial charge in [0.15, 0.2) is 0 Å². The van der Waals surface area contributed by atoms with Gasteiger partial charge in [0.25, 0.3) is 0 Å². The summed E-state index contributed by atoms with van der Waals surface area (Å²) in [7, 11) is 0. The lowest BCUT2D eigenvalue weighted by Gasteiger charge is -2.40. The van der Waals surface area contributed by atoms with E-state index in [1.165, 1.54) is 6.26 Å². The van der Waals surface area contributed by atoms with Crippen molar-refractivity contribution in [3.05, 3.63) is 70.6 Å². The van der Waals surface area contributed by atoms with Crippen LogP contribution in [0.3, 0.4) is 0 Å². The van der Waals surface area contributed by atoms with E-state index >= 15 is 0 Å². The number of para-hydroxylation sites is 1. The molecule has 2 heterocycles. The first-order valence-corrected chi connectivity index (χ1v) is 8.93. The minimum atomic E-state index is -1.51. The molecule has 4 rings (SSSR count). The Morgan fingerprint density at radius 2 is 1.64 bits per heavy atom. The molecule has 1 saturated heterocycles. The van der Waals surface area contributed by atoms with Gasteiger partial charge in [-0.15, -0.1) is 0 Å². The highest BCUT2D eigenvalue weighted by atomic mass is 16.5. The second kappa shape index (κ2) is 7.46. The van der Waals surface area contributed by atoms with Crippen molar-refractivity contribution in [2.75, 3.05) is 6.61 Å². The van der Waals surface area contributed by atoms with E-state index in [1.54, 1.807) is 30.3 Å². The lowest BCUT2D eigenvalue weighted by molar-refractivity contribution is -0.231. The molecule has 2 aromatic carbocycles. The molecule has 0 aliphatic carbocycles. The monoisotopic (exact) mass is 384 g/mol. The van der Waals surface area contributed by atoms with Crippen LogP contribution in [-0.2, 0) is 4.74 Å². The van der Waals surface area contributed by atoms with Gasteiger partial charge in [0.05, 0.1) is 17.6 Å². The van der Waals surface area contributed by atoms with Crippen LogP contribution in [0.2, 0.25) is 0 Å². The lowest BCUT2D eigenvalue weighted by atomic mass is 9.90. The Kier molecular flexibility index (Phi) is 5.01. The number of hydrogen-bond acceptors (Lipinski definition) is 7. The van der Waals surface area contributed by atoms with Crippen LogP contribution in [0.15, 0.2) is 64.0 Å². The van der Waals surface area contributed by atoms with Gasteiger partial charge in [-0.05, 0) is 11.6 Å². The average molecular weight is 384 g/mol. The van der Waals surface area contributed by atoms with Crippen molar-refractivity contribution in [2.24, 2.45) is 0 Å². The highest BCUT2D eigenvalue weighted by Gasteiger charge is 2.44. The van der Waals surface area contributed by atoms with Crippen molar-refractivity contribution in [3.8, 4) is 11.1 Å². The Hall–Kier alpha value is -2.55. The fourth-order valence-corrected chi connectivity index (χ4v) is 3.58. The third-order valence-corrected chi connectivity index (χ3v) is 5.11. The smallest absolute Gasteiger partial charge is 0.200 e. The van der Waals surface area contributed by atoms with E-state index in [2.05, 4.69) is 0 Å². The zero-order valence-corrected chi connectivity index (χ0v) is 14.8. The van der Waals surface area contributed by atoms with Gasteiger partial charge < -0.3 is 29.6 Å². The molecule has 0 amide bonds. The van der Waals surface area contributed by atoms with Crippen molar-refractivity contribution in [1.29, 1.82) is 0 Å². The van der Waals surface area contributed by atoms with Crippen molar-refractivity contribution in [2.45, 2.75) is 30.5 Å². The van der Waals surface area contributed by atoms with Gasteiger partial charge in [-0.2, -0.15) is 0 Å². The van der Waals surface area contributed by atoms with E-state index < -0.39 is 37.1 Å². The molecule has 1 aromatic heterocycles. The van der Waals surface area contributed by atoms with E-state index in [9.17, 15) is 25.2 Å². The Morgan fingerprint density at radius 1 is 0.893 bits per heavy atom. The van der Waals surface area contributed by atoms with Crippen molar-refractivity contribution < 1.29 is 29.6 Å². The lowest BCUT2D eigenvalue weighted by Crippen LogP contribution is -2.55. The Bertz CT molecular complexity index is 1030. The molecule has 0 saturated carbocycles. The summed E-state index contributed by atoms with van der Waals surface area (Å²) in [6.07, 6.45) is -5.20. The van der Waals surface area contributed by atoms with Crippen molar-refractivity contribution in [3.63, 3.8) is 0 Å². The molecule has 0 spiro atoms. The molecule has 1 aliphatic rings. The average Bonchev–Trinajstić information content (AvgIpc) is 2.73. The van der Waals surface area contributed by atoms with Gasteiger partial charge in [0.1, 0.15) is 42.4 Å². The van der Waals surface area contributed by atoms with E-state index in [-0.39, 0.29) is 11.0 Å². The summed E-state index contributed by atoms with van der Waals surface area (Å²) in [5.41, 5.74) is 1.46. The van der Waals surface area contributed by atoms with E-state index in [4.69, 9.17) is 9.15 Å². The summed E-state index contributed by atoms with van der Waals surface area (Å²) in [5, 5.41) is 40.1. The summed E-state index contributed by atoms with van der Waals surface area (Å²) in [6.45, 7) is -0.533. The fourth-order valence-electron chi connectivity index (χ4n) is 3.58. The molecule has 28 heavy (non-hydrogen) atoms. The van der Waals surface area contributed by atoms with Crippen molar-refractivity contribution >= 4 is 11.0 Å². The third-order valence-electron chi connectivity index (χ3n) is 5.11. The highest BCUT2D eigenvalue weighted by Crippen LogP contribution is 2.35. The molecule has 5 atom stereocenters. The van der Waals surface area contributed by atoms with Crippen LogP contribution >= 0.6 is 0 Å². The van der Waals surface area contributed by atoms with E-state index in [0.717, 1.165) is 5.56 Å². The normalized spacial score (nSPS) is 27.8. The number of aliphatic hydroxyl groups excluding tert-OH is 4. The maximum absolute atomic E-state index is 13.0. The van der Waals surface area contributed by atoms with Crippen LogP contribution < -0.4 is 5.43 Å². The molecule has 7 heteroatoms. The number of fused-ring (bicyclic) bond motifs is 1. The quantitative estimate of drug-likeness (QED) is 0.531. The van der Waals surface area contributed by atoms with Crippen LogP contribution in [0.25, 0.3) is 22.1 Å². The second-order valence-corrected chi connectivity index (χ2v) is 6.82. The molecule has 0 unspecified atom stereocenters. The van der Waals surface area contributed by atoms with Gasteiger partial charge >= 0.3 is 0 Å². The van der Waals surface area contributed by atoms with Crippen LogP contribution in [0.5, 0.6) is 0 Å². The first-order chi connectivity index (χ1) is 13.5. The summed E-state index contributed by atoms with van der Waals surface area (Å²) in [6, 6.07) is 14.0. The van der Waals surface area contributed by atoms with Crippen LogP contribution in [0, 0.1) is 0 Å². The molecule has 0 bridgehead atoms. The maximum Gasteiger partial charge on any atom is 0.200 e. The third kappa shape index (κ3) is 3.03. The fraction of sp³-hybridized carbons (Fsp3) is 0.286. The SMILES string of the molecule is O=c1c(-c2ccccc2)coc2c([C@@H]3O[C@H](CO)[C@@H](O)[C@H](O)[C@H]3O)cccc12. The van der Waals surface area contributed by atoms with E-state index in [1.807, 2.05) is 18.2 Å². The summed E-state index contributed by atoms with van der Waals surface area (Å²) in [4.78, 5) is 13.0. The molecular formula is C21H20O7. The number of hydrogen-bond donors (Lipinski definition) is 4. The maximum atomic E-state index is 13.0. The van der Waals surface area contributed by atoms with Crippen LogP contribution in [0.1, 0.15) is 11.7 Å². The largest absolute Gasteiger partial charge is 0.463 e. The number of rotatable bonds is 3. The molecular weight excluding hydrogens is 364 g/mol. The predicted octanol–water partition coefficient (Wildman–Crippen LogP) is 0.975. The van der Waals surface area contributed by atoms with Gasteiger partial charge in [-0.3, -0.25) is 4.79 Å². The Labute approximate surface area is 160 Å². The minimum absolute atomic E-state index is 0.219. The standard InChI is InChI=1S/C21H20O7/c22-9-15-17(24)18(25)19(26)21(28-15)13-8-4-7-12-16(23)14(10-27-20(12)13)11-5-2-1-3-6-11/h1-8,10,15,17-19,21-22,24-26H,9H2/t15-,17-,18+,19-,21+/m1/s1. The Morgan fingerprint density at radius 3 is 2.36 bits per heavy atom. The Balaban J connectivity index is 1.83. The molecule has 146 valence electrons. The molecule has 1 aliphatic heterocycles. The molecule has 1 fully saturated rings. The molecule has 4 N–H and O–H groups in total. The van der Waals surface area contributed by atoms with Gasteiger partial charge in [0.2, 0.25) is 5.43 Å². The summed E-state index contributed by atoms with van der Waals surface area (Å²) < 4.78 is 11.4. The van der Waals surface area contributed by atoms with E-state index in [0.29, 0.717) is 16.5 Å². The van der Waals surface area contributed by atoms with Crippen LogP contribution in [0.4, 0.5) is 0 Å². The minimum Gasteiger partial charge on any atom is -0.463 e. The van der Waals surface area contributed by atoms with Gasteiger partial charge in [-0.25, -0.2) is 0 Å². The molecule has 3 aromatic rings. The van der Waals surface area contributed by atoms with Crippen LogP contribution in [-0.4, -0.2) is 51.4 Å². The zero-order chi connectivity index (χ0) is 19.8. The topological polar surface area (TPSA) is 120 Å². The number of ether oxygens (including phenoxy) is 1. The summed E-state index contributed by atoms with van der Waals surface area (Å²) >= 11 is 0. The number of benzene rings is 2. The highest BCUT2D eigenvalue weighted by molar-refractivity contribution is 5.84. The molecule has 0 radical (unpaired) electrons. The van der Waals surface area contributed by atoms with Gasteiger partial charge in [0, 0.05) is 5.56 Å². The van der Waals surface area contributed by atoms with Gasteiger partial charge in [-0.1, -0.05) is 42.5 Å². The molecule has 7 nitrogen and oxygen atoms in total. The second-order valence-electron chi connectivity index (χ2n) is 6.82. The van der Waals surface area contributed by atoms with Crippen molar-refractivity contribution in [1.82, 2.24) is 0 Å². The zero-order valence-electron chi connectivity index (χ0n) is 14.8. The predicted molar refractivity (Wildman–Crippen MR) is 101 cm³/mol.